The Morgan fingerprint density at radius 2 is 1.67 bits per heavy atom. The molecule has 0 radical (unpaired) electrons. The van der Waals surface area contributed by atoms with Crippen molar-refractivity contribution in [2.24, 2.45) is 5.41 Å². The largest absolute Gasteiger partial charge is 0.325 e. The predicted molar refractivity (Wildman–Crippen MR) is 107 cm³/mol. The van der Waals surface area contributed by atoms with Crippen molar-refractivity contribution in [3.05, 3.63) is 57.8 Å². The number of nitrogens with zero attached hydrogens (tertiary/aromatic N) is 3. The van der Waals surface area contributed by atoms with E-state index in [1.807, 2.05) is 12.1 Å². The Balaban J connectivity index is 2.01. The van der Waals surface area contributed by atoms with Crippen LogP contribution in [0.1, 0.15) is 11.1 Å². The maximum absolute atomic E-state index is 14.3. The molecule has 3 aliphatic heterocycles. The minimum Gasteiger partial charge on any atom is -0.325 e. The van der Waals surface area contributed by atoms with Crippen LogP contribution in [-0.2, 0) is 20.5 Å². The van der Waals surface area contributed by atoms with Gasteiger partial charge in [0.2, 0.25) is 5.91 Å². The van der Waals surface area contributed by atoms with Gasteiger partial charge in [0.05, 0.1) is 12.1 Å². The van der Waals surface area contributed by atoms with Crippen LogP contribution in [0.2, 0.25) is 0 Å². The lowest BCUT2D eigenvalue weighted by Crippen LogP contribution is -2.63. The van der Waals surface area contributed by atoms with Crippen molar-refractivity contribution in [2.45, 2.75) is 11.0 Å². The average Bonchev–Trinajstić information content (AvgIpc) is 3.26. The van der Waals surface area contributed by atoms with E-state index in [-0.39, 0.29) is 12.1 Å². The first-order chi connectivity index (χ1) is 14.3. The molecule has 7 nitrogen and oxygen atoms in total. The van der Waals surface area contributed by atoms with Crippen LogP contribution >= 0.6 is 15.9 Å². The summed E-state index contributed by atoms with van der Waals surface area (Å²) < 4.78 is 15.0. The molecule has 30 heavy (non-hydrogen) atoms. The van der Waals surface area contributed by atoms with Crippen molar-refractivity contribution in [3.8, 4) is 12.1 Å². The Morgan fingerprint density at radius 1 is 1.03 bits per heavy atom. The van der Waals surface area contributed by atoms with Crippen LogP contribution in [0.15, 0.2) is 40.9 Å². The highest BCUT2D eigenvalue weighted by molar-refractivity contribution is 9.10. The number of hydrogen-bond acceptors (Lipinski definition) is 5. The second-order valence-electron chi connectivity index (χ2n) is 7.73. The van der Waals surface area contributed by atoms with E-state index in [9.17, 15) is 24.5 Å². The van der Waals surface area contributed by atoms with Gasteiger partial charge in [-0.2, -0.15) is 10.5 Å². The Morgan fingerprint density at radius 3 is 2.37 bits per heavy atom. The smallest absolute Gasteiger partial charge is 0.251 e. The number of likely N-dealkylation sites (N-methyl/N-ethyl adjacent to an activating group) is 1. The predicted octanol–water partition coefficient (Wildman–Crippen LogP) is 2.60. The summed E-state index contributed by atoms with van der Waals surface area (Å²) in [7, 11) is 1.57. The monoisotopic (exact) mass is 465 g/mol. The van der Waals surface area contributed by atoms with Crippen LogP contribution in [0.25, 0.3) is 0 Å². The number of halogens is 2. The van der Waals surface area contributed by atoms with Gasteiger partial charge in [-0.1, -0.05) is 15.9 Å². The van der Waals surface area contributed by atoms with Gasteiger partial charge in [-0.05, 0) is 49.0 Å². The van der Waals surface area contributed by atoms with Gasteiger partial charge < -0.3 is 10.6 Å². The minimum atomic E-state index is -1.92. The Bertz CT molecular complexity index is 1250. The number of anilines is 2. The second kappa shape index (κ2) is 5.66. The number of fused-ring (bicyclic) bond motifs is 5. The zero-order chi connectivity index (χ0) is 21.5. The van der Waals surface area contributed by atoms with Crippen LogP contribution in [0.4, 0.5) is 15.8 Å². The summed E-state index contributed by atoms with van der Waals surface area (Å²) >= 11 is 3.39. The Hall–Kier alpha value is -3.27. The van der Waals surface area contributed by atoms with E-state index in [0.717, 1.165) is 0 Å². The van der Waals surface area contributed by atoms with E-state index in [2.05, 4.69) is 26.6 Å². The lowest BCUT2D eigenvalue weighted by Gasteiger charge is -2.43. The molecule has 0 saturated carbocycles. The third kappa shape index (κ3) is 1.73. The van der Waals surface area contributed by atoms with E-state index < -0.39 is 34.0 Å². The number of rotatable bonds is 0. The van der Waals surface area contributed by atoms with Gasteiger partial charge in [0.15, 0.2) is 5.41 Å². The lowest BCUT2D eigenvalue weighted by atomic mass is 9.54. The summed E-state index contributed by atoms with van der Waals surface area (Å²) in [6.45, 7) is -0.178. The molecule has 0 unspecified atom stereocenters. The van der Waals surface area contributed by atoms with Crippen LogP contribution < -0.4 is 10.6 Å². The number of benzene rings is 2. The van der Waals surface area contributed by atoms with Gasteiger partial charge in [0.25, 0.3) is 5.91 Å². The first-order valence-corrected chi connectivity index (χ1v) is 9.84. The molecule has 0 aliphatic carbocycles. The molecule has 1 saturated heterocycles. The normalized spacial score (nSPS) is 28.0. The molecule has 0 bridgehead atoms. The molecule has 2 aromatic carbocycles. The molecule has 2 atom stereocenters. The van der Waals surface area contributed by atoms with E-state index in [0.29, 0.717) is 21.4 Å². The van der Waals surface area contributed by atoms with Crippen molar-refractivity contribution < 1.29 is 14.0 Å². The summed E-state index contributed by atoms with van der Waals surface area (Å²) in [5.41, 5.74) is -4.27. The average molecular weight is 466 g/mol. The molecule has 2 spiro atoms. The molecule has 3 aliphatic rings. The van der Waals surface area contributed by atoms with Crippen LogP contribution in [0.5, 0.6) is 0 Å². The molecule has 3 heterocycles. The van der Waals surface area contributed by atoms with Crippen molar-refractivity contribution in [3.63, 3.8) is 0 Å². The zero-order valence-electron chi connectivity index (χ0n) is 15.6. The van der Waals surface area contributed by atoms with E-state index >= 15 is 0 Å². The Labute approximate surface area is 179 Å². The number of nitrogens with one attached hydrogen (secondary N) is 2. The van der Waals surface area contributed by atoms with Crippen LogP contribution in [0, 0.1) is 33.9 Å². The molecule has 2 aromatic rings. The van der Waals surface area contributed by atoms with Crippen LogP contribution in [-0.4, -0.2) is 30.3 Å². The van der Waals surface area contributed by atoms with E-state index in [1.165, 1.54) is 23.1 Å². The highest BCUT2D eigenvalue weighted by Gasteiger charge is 2.82. The molecule has 0 aromatic heterocycles. The fourth-order valence-electron chi connectivity index (χ4n) is 5.52. The summed E-state index contributed by atoms with van der Waals surface area (Å²) in [4.78, 5) is 28.9. The van der Waals surface area contributed by atoms with Crippen molar-refractivity contribution in [1.82, 2.24) is 4.90 Å². The van der Waals surface area contributed by atoms with Crippen LogP contribution in [0.3, 0.4) is 0 Å². The quantitative estimate of drug-likeness (QED) is 0.621. The number of likely N-dealkylation sites (tertiary alicyclic amines) is 1. The molecule has 1 fully saturated rings. The number of nitriles is 2. The van der Waals surface area contributed by atoms with Gasteiger partial charge in [0.1, 0.15) is 16.8 Å². The number of amides is 2. The number of carbonyl (C=O) groups excluding carboxylic acids is 2. The number of carbonyl (C=O) groups is 2. The van der Waals surface area contributed by atoms with Gasteiger partial charge in [-0.15, -0.1) is 0 Å². The fraction of sp³-hybridized carbons (Fsp3) is 0.238. The zero-order valence-corrected chi connectivity index (χ0v) is 17.2. The minimum absolute atomic E-state index is 0.178. The molecule has 2 amide bonds. The van der Waals surface area contributed by atoms with Gasteiger partial charge in [-0.25, -0.2) is 4.39 Å². The van der Waals surface area contributed by atoms with E-state index in [4.69, 9.17) is 0 Å². The highest BCUT2D eigenvalue weighted by Crippen LogP contribution is 2.67. The maximum Gasteiger partial charge on any atom is 0.251 e. The molecule has 9 heteroatoms. The summed E-state index contributed by atoms with van der Waals surface area (Å²) in [5.74, 6) is -1.82. The lowest BCUT2D eigenvalue weighted by molar-refractivity contribution is -0.137. The SMILES string of the molecule is CN1CC(C#N)(C#N)[C@@]2(C(=O)Nc3ccc(Br)cc32)[C@]12C(=O)Nc1ccc(F)cc12. The topological polar surface area (TPSA) is 109 Å². The standard InChI is InChI=1S/C21H13BrFN5O2/c1-28-10-19(8-24,9-25)20(13-6-11(22)2-4-15(13)26-17(20)29)21(28)14-7-12(23)3-5-16(14)27-18(21)30/h2-7H,10H2,1H3,(H,26,29)(H,27,30)/t20-,21+/m1/s1. The molecule has 5 rings (SSSR count). The van der Waals surface area contributed by atoms with Gasteiger partial charge in [-0.3, -0.25) is 14.5 Å². The first-order valence-electron chi connectivity index (χ1n) is 9.05. The van der Waals surface area contributed by atoms with Crippen molar-refractivity contribution in [1.29, 1.82) is 10.5 Å². The molecule has 2 N–H and O–H groups in total. The van der Waals surface area contributed by atoms with Gasteiger partial charge in [0, 0.05) is 28.0 Å². The maximum atomic E-state index is 14.3. The molecule has 148 valence electrons. The fourth-order valence-corrected chi connectivity index (χ4v) is 5.88. The first kappa shape index (κ1) is 18.7. The highest BCUT2D eigenvalue weighted by atomic mass is 79.9. The summed E-state index contributed by atoms with van der Waals surface area (Å²) in [5, 5.41) is 25.9. The molecular formula is C21H13BrFN5O2. The van der Waals surface area contributed by atoms with Crippen molar-refractivity contribution >= 4 is 39.1 Å². The summed E-state index contributed by atoms with van der Waals surface area (Å²) in [6, 6.07) is 12.9. The van der Waals surface area contributed by atoms with Gasteiger partial charge >= 0.3 is 0 Å². The van der Waals surface area contributed by atoms with E-state index in [1.54, 1.807) is 25.2 Å². The van der Waals surface area contributed by atoms with Crippen molar-refractivity contribution in [2.75, 3.05) is 24.2 Å². The third-order valence-electron chi connectivity index (χ3n) is 6.53. The summed E-state index contributed by atoms with van der Waals surface area (Å²) in [6.07, 6.45) is 0. The third-order valence-corrected chi connectivity index (χ3v) is 7.03. The second-order valence-corrected chi connectivity index (χ2v) is 8.65. The Kier molecular flexibility index (Phi) is 3.54. The number of hydrogen-bond donors (Lipinski definition) is 2. The molecular weight excluding hydrogens is 453 g/mol.